The summed E-state index contributed by atoms with van der Waals surface area (Å²) in [5.74, 6) is 1.61. The van der Waals surface area contributed by atoms with E-state index in [-0.39, 0.29) is 6.04 Å². The summed E-state index contributed by atoms with van der Waals surface area (Å²) in [7, 11) is 0. The van der Waals surface area contributed by atoms with Gasteiger partial charge < -0.3 is 0 Å². The van der Waals surface area contributed by atoms with Crippen molar-refractivity contribution in [2.75, 3.05) is 0 Å². The monoisotopic (exact) mass is 261 g/mol. The molecule has 0 spiro atoms. The standard InChI is InChI=1S/C14H16ClN3/c1-2-12(10-6-4-3-5-7-10)18-13(11-8-9-11)16-17-14(18)15/h3-7,11-12H,2,8-9H2,1H3. The van der Waals surface area contributed by atoms with E-state index in [0.29, 0.717) is 11.2 Å². The Morgan fingerprint density at radius 2 is 2.00 bits per heavy atom. The number of benzene rings is 1. The van der Waals surface area contributed by atoms with Crippen molar-refractivity contribution in [1.29, 1.82) is 0 Å². The fourth-order valence-electron chi connectivity index (χ4n) is 2.43. The number of hydrogen-bond donors (Lipinski definition) is 0. The van der Waals surface area contributed by atoms with Crippen LogP contribution in [0.1, 0.15) is 49.5 Å². The SMILES string of the molecule is CCC(c1ccccc1)n1c(Cl)nnc1C1CC1. The summed E-state index contributed by atoms with van der Waals surface area (Å²) >= 11 is 6.23. The molecule has 1 unspecified atom stereocenters. The smallest absolute Gasteiger partial charge is 0.225 e. The summed E-state index contributed by atoms with van der Waals surface area (Å²) in [5, 5.41) is 8.81. The van der Waals surface area contributed by atoms with Crippen molar-refractivity contribution in [3.63, 3.8) is 0 Å². The van der Waals surface area contributed by atoms with E-state index in [0.717, 1.165) is 12.2 Å². The van der Waals surface area contributed by atoms with Gasteiger partial charge in [-0.1, -0.05) is 37.3 Å². The minimum atomic E-state index is 0.240. The minimum absolute atomic E-state index is 0.240. The van der Waals surface area contributed by atoms with Crippen molar-refractivity contribution in [1.82, 2.24) is 14.8 Å². The van der Waals surface area contributed by atoms with Crippen molar-refractivity contribution in [2.24, 2.45) is 0 Å². The molecule has 0 radical (unpaired) electrons. The van der Waals surface area contributed by atoms with Crippen LogP contribution < -0.4 is 0 Å². The molecule has 1 aromatic carbocycles. The molecule has 1 atom stereocenters. The Bertz CT molecular complexity index is 531. The first-order chi connectivity index (χ1) is 8.81. The van der Waals surface area contributed by atoms with Crippen molar-refractivity contribution < 1.29 is 0 Å². The van der Waals surface area contributed by atoms with Crippen molar-refractivity contribution in [3.05, 3.63) is 47.0 Å². The first-order valence-electron chi connectivity index (χ1n) is 6.46. The number of halogens is 1. The van der Waals surface area contributed by atoms with Crippen LogP contribution in [-0.2, 0) is 0 Å². The normalized spacial score (nSPS) is 16.8. The van der Waals surface area contributed by atoms with Crippen LogP contribution in [-0.4, -0.2) is 14.8 Å². The third-order valence-electron chi connectivity index (χ3n) is 3.51. The van der Waals surface area contributed by atoms with E-state index in [1.54, 1.807) is 0 Å². The highest BCUT2D eigenvalue weighted by Gasteiger charge is 2.32. The highest BCUT2D eigenvalue weighted by molar-refractivity contribution is 6.28. The summed E-state index contributed by atoms with van der Waals surface area (Å²) in [5.41, 5.74) is 1.27. The average Bonchev–Trinajstić information content (AvgIpc) is 3.18. The molecule has 1 aliphatic carbocycles. The molecule has 4 heteroatoms. The molecule has 0 N–H and O–H groups in total. The zero-order chi connectivity index (χ0) is 12.5. The van der Waals surface area contributed by atoms with Crippen LogP contribution in [0.2, 0.25) is 5.28 Å². The molecule has 1 aromatic heterocycles. The van der Waals surface area contributed by atoms with E-state index in [1.807, 2.05) is 6.07 Å². The van der Waals surface area contributed by atoms with E-state index < -0.39 is 0 Å². The molecule has 3 rings (SSSR count). The van der Waals surface area contributed by atoms with Gasteiger partial charge in [-0.05, 0) is 36.4 Å². The molecule has 0 amide bonds. The van der Waals surface area contributed by atoms with Gasteiger partial charge in [-0.15, -0.1) is 10.2 Å². The molecule has 1 aliphatic rings. The summed E-state index contributed by atoms with van der Waals surface area (Å²) < 4.78 is 2.11. The molecule has 0 saturated heterocycles. The van der Waals surface area contributed by atoms with Crippen LogP contribution in [0.25, 0.3) is 0 Å². The van der Waals surface area contributed by atoms with Crippen molar-refractivity contribution >= 4 is 11.6 Å². The Balaban J connectivity index is 2.04. The van der Waals surface area contributed by atoms with Crippen LogP contribution in [0.5, 0.6) is 0 Å². The molecule has 3 nitrogen and oxygen atoms in total. The second-order valence-electron chi connectivity index (χ2n) is 4.81. The molecule has 1 saturated carbocycles. The van der Waals surface area contributed by atoms with Crippen LogP contribution in [0.4, 0.5) is 0 Å². The summed E-state index contributed by atoms with van der Waals surface area (Å²) in [6.07, 6.45) is 3.40. The number of nitrogens with zero attached hydrogens (tertiary/aromatic N) is 3. The number of rotatable bonds is 4. The first kappa shape index (κ1) is 11.7. The number of aromatic nitrogens is 3. The van der Waals surface area contributed by atoms with Gasteiger partial charge in [0, 0.05) is 5.92 Å². The molecule has 0 aliphatic heterocycles. The predicted octanol–water partition coefficient (Wildman–Crippen LogP) is 3.81. The Labute approximate surface area is 112 Å². The Morgan fingerprint density at radius 1 is 1.28 bits per heavy atom. The summed E-state index contributed by atoms with van der Waals surface area (Å²) in [6.45, 7) is 2.17. The van der Waals surface area contributed by atoms with Gasteiger partial charge >= 0.3 is 0 Å². The molecule has 18 heavy (non-hydrogen) atoms. The van der Waals surface area contributed by atoms with Crippen molar-refractivity contribution in [3.8, 4) is 0 Å². The fraction of sp³-hybridized carbons (Fsp3) is 0.429. The van der Waals surface area contributed by atoms with Crippen LogP contribution in [0.3, 0.4) is 0 Å². The van der Waals surface area contributed by atoms with Gasteiger partial charge in [-0.25, -0.2) is 0 Å². The third-order valence-corrected chi connectivity index (χ3v) is 3.76. The Hall–Kier alpha value is -1.35. The predicted molar refractivity (Wildman–Crippen MR) is 71.9 cm³/mol. The number of hydrogen-bond acceptors (Lipinski definition) is 2. The maximum Gasteiger partial charge on any atom is 0.225 e. The second-order valence-corrected chi connectivity index (χ2v) is 5.14. The molecule has 1 heterocycles. The van der Waals surface area contributed by atoms with Gasteiger partial charge in [0.15, 0.2) is 0 Å². The lowest BCUT2D eigenvalue weighted by Gasteiger charge is -2.19. The lowest BCUT2D eigenvalue weighted by Crippen LogP contribution is -2.13. The Morgan fingerprint density at radius 3 is 2.61 bits per heavy atom. The zero-order valence-electron chi connectivity index (χ0n) is 10.4. The van der Waals surface area contributed by atoms with E-state index in [9.17, 15) is 0 Å². The van der Waals surface area contributed by atoms with Gasteiger partial charge in [-0.2, -0.15) is 0 Å². The highest BCUT2D eigenvalue weighted by atomic mass is 35.5. The average molecular weight is 262 g/mol. The van der Waals surface area contributed by atoms with E-state index in [2.05, 4.69) is 46.0 Å². The summed E-state index contributed by atoms with van der Waals surface area (Å²) in [6, 6.07) is 10.7. The molecular formula is C14H16ClN3. The zero-order valence-corrected chi connectivity index (χ0v) is 11.1. The van der Waals surface area contributed by atoms with Gasteiger partial charge in [0.1, 0.15) is 5.82 Å². The van der Waals surface area contributed by atoms with Crippen LogP contribution >= 0.6 is 11.6 Å². The largest absolute Gasteiger partial charge is 0.294 e. The van der Waals surface area contributed by atoms with Gasteiger partial charge in [0.25, 0.3) is 0 Å². The Kier molecular flexibility index (Phi) is 3.08. The molecule has 94 valence electrons. The quantitative estimate of drug-likeness (QED) is 0.838. The highest BCUT2D eigenvalue weighted by Crippen LogP contribution is 2.41. The molecule has 0 bridgehead atoms. The molecule has 2 aromatic rings. The fourth-order valence-corrected chi connectivity index (χ4v) is 2.68. The lowest BCUT2D eigenvalue weighted by atomic mass is 10.0. The molecule has 1 fully saturated rings. The molecular weight excluding hydrogens is 246 g/mol. The van der Waals surface area contributed by atoms with E-state index in [1.165, 1.54) is 18.4 Å². The van der Waals surface area contributed by atoms with Gasteiger partial charge in [0.05, 0.1) is 6.04 Å². The maximum absolute atomic E-state index is 6.23. The maximum atomic E-state index is 6.23. The van der Waals surface area contributed by atoms with E-state index >= 15 is 0 Å². The lowest BCUT2D eigenvalue weighted by molar-refractivity contribution is 0.542. The van der Waals surface area contributed by atoms with Gasteiger partial charge in [-0.3, -0.25) is 4.57 Å². The minimum Gasteiger partial charge on any atom is -0.294 e. The summed E-state index contributed by atoms with van der Waals surface area (Å²) in [4.78, 5) is 0. The third kappa shape index (κ3) is 2.03. The van der Waals surface area contributed by atoms with E-state index in [4.69, 9.17) is 11.6 Å². The van der Waals surface area contributed by atoms with Gasteiger partial charge in [0.2, 0.25) is 5.28 Å². The van der Waals surface area contributed by atoms with Crippen LogP contribution in [0.15, 0.2) is 30.3 Å². The van der Waals surface area contributed by atoms with Crippen molar-refractivity contribution in [2.45, 2.75) is 38.1 Å². The van der Waals surface area contributed by atoms with Crippen LogP contribution in [0, 0.1) is 0 Å². The topological polar surface area (TPSA) is 30.7 Å². The first-order valence-corrected chi connectivity index (χ1v) is 6.84. The second kappa shape index (κ2) is 4.73.